The number of hydrogen-bond donors (Lipinski definition) is 2. The van der Waals surface area contributed by atoms with E-state index < -0.39 is 11.6 Å². The number of aryl methyl sites for hydroxylation is 1. The molecule has 0 radical (unpaired) electrons. The van der Waals surface area contributed by atoms with E-state index in [0.717, 1.165) is 5.56 Å². The molecular weight excluding hydrogens is 292 g/mol. The molecule has 0 unspecified atom stereocenters. The summed E-state index contributed by atoms with van der Waals surface area (Å²) in [6, 6.07) is -0.382. The highest BCUT2D eigenvalue weighted by atomic mass is 32.1. The molecule has 0 spiro atoms. The van der Waals surface area contributed by atoms with Crippen molar-refractivity contribution in [3.8, 4) is 0 Å². The van der Waals surface area contributed by atoms with E-state index in [9.17, 15) is 9.59 Å². The quantitative estimate of drug-likeness (QED) is 0.792. The summed E-state index contributed by atoms with van der Waals surface area (Å²) in [7, 11) is 1.58. The van der Waals surface area contributed by atoms with Gasteiger partial charge in [-0.05, 0) is 38.6 Å². The van der Waals surface area contributed by atoms with Crippen LogP contribution in [-0.4, -0.2) is 37.9 Å². The van der Waals surface area contributed by atoms with Crippen molar-refractivity contribution in [2.24, 2.45) is 0 Å². The van der Waals surface area contributed by atoms with Crippen molar-refractivity contribution in [1.82, 2.24) is 5.32 Å². The van der Waals surface area contributed by atoms with Gasteiger partial charge in [-0.1, -0.05) is 0 Å². The lowest BCUT2D eigenvalue weighted by atomic mass is 10.1. The van der Waals surface area contributed by atoms with Gasteiger partial charge in [0, 0.05) is 13.7 Å². The molecular formula is C14H22N2O4S. The molecule has 1 rings (SSSR count). The van der Waals surface area contributed by atoms with Crippen LogP contribution in [0.5, 0.6) is 0 Å². The lowest BCUT2D eigenvalue weighted by molar-refractivity contribution is 0.0257. The molecule has 2 N–H and O–H groups in total. The molecule has 118 valence electrons. The zero-order chi connectivity index (χ0) is 16.0. The minimum absolute atomic E-state index is 0.293. The van der Waals surface area contributed by atoms with Crippen LogP contribution in [0.15, 0.2) is 5.38 Å². The van der Waals surface area contributed by atoms with Gasteiger partial charge in [-0.25, -0.2) is 9.59 Å². The minimum atomic E-state index is -0.452. The fourth-order valence-corrected chi connectivity index (χ4v) is 2.43. The van der Waals surface area contributed by atoms with Crippen LogP contribution in [0, 0.1) is 6.92 Å². The number of carbonyl (C=O) groups is 2. The van der Waals surface area contributed by atoms with E-state index in [2.05, 4.69) is 10.6 Å². The number of amides is 2. The van der Waals surface area contributed by atoms with Crippen LogP contribution >= 0.6 is 11.3 Å². The fourth-order valence-electron chi connectivity index (χ4n) is 1.51. The number of ether oxygens (including phenoxy) is 2. The van der Waals surface area contributed by atoms with Gasteiger partial charge in [0.2, 0.25) is 0 Å². The summed E-state index contributed by atoms with van der Waals surface area (Å²) in [4.78, 5) is 23.8. The van der Waals surface area contributed by atoms with Crippen LogP contribution in [0.2, 0.25) is 0 Å². The van der Waals surface area contributed by atoms with E-state index in [1.54, 1.807) is 26.3 Å². The number of carbonyl (C=O) groups excluding carboxylic acids is 2. The van der Waals surface area contributed by atoms with Crippen LogP contribution in [-0.2, 0) is 9.47 Å². The molecule has 0 saturated carbocycles. The van der Waals surface area contributed by atoms with E-state index in [4.69, 9.17) is 9.47 Å². The maximum absolute atomic E-state index is 11.9. The van der Waals surface area contributed by atoms with Crippen molar-refractivity contribution >= 4 is 28.3 Å². The summed E-state index contributed by atoms with van der Waals surface area (Å²) in [5.41, 5.74) is 0.737. The van der Waals surface area contributed by atoms with Crippen molar-refractivity contribution in [3.63, 3.8) is 0 Å². The zero-order valence-electron chi connectivity index (χ0n) is 13.0. The monoisotopic (exact) mass is 314 g/mol. The summed E-state index contributed by atoms with van der Waals surface area (Å²) in [5, 5.41) is 7.68. The average Bonchev–Trinajstić information content (AvgIpc) is 2.78. The van der Waals surface area contributed by atoms with Gasteiger partial charge in [0.05, 0.1) is 17.8 Å². The third-order valence-electron chi connectivity index (χ3n) is 2.91. The van der Waals surface area contributed by atoms with Crippen LogP contribution < -0.4 is 10.6 Å². The molecule has 6 nitrogen and oxygen atoms in total. The molecule has 1 aromatic rings. The highest BCUT2D eigenvalue weighted by Gasteiger charge is 2.21. The first-order chi connectivity index (χ1) is 9.80. The molecule has 1 aromatic heterocycles. The third kappa shape index (κ3) is 5.02. The minimum Gasteiger partial charge on any atom is -0.462 e. The second-order valence-electron chi connectivity index (χ2n) is 5.11. The molecule has 1 heterocycles. The van der Waals surface area contributed by atoms with Gasteiger partial charge in [-0.15, -0.1) is 11.3 Å². The Morgan fingerprint density at radius 3 is 2.62 bits per heavy atom. The summed E-state index contributed by atoms with van der Waals surface area (Å²) < 4.78 is 10.2. The maximum atomic E-state index is 11.9. The summed E-state index contributed by atoms with van der Waals surface area (Å²) in [6.45, 7) is 7.93. The number of esters is 1. The Balaban J connectivity index is 2.71. The Morgan fingerprint density at radius 2 is 2.05 bits per heavy atom. The second-order valence-corrected chi connectivity index (χ2v) is 5.99. The van der Waals surface area contributed by atoms with Crippen LogP contribution in [0.3, 0.4) is 0 Å². The SMILES string of the molecule is CCOC(=O)c1c(C)csc1NC(=O)NCC(C)(C)OC. The first kappa shape index (κ1) is 17.5. The van der Waals surface area contributed by atoms with Crippen molar-refractivity contribution in [2.75, 3.05) is 25.6 Å². The molecule has 2 amide bonds. The number of rotatable bonds is 6. The van der Waals surface area contributed by atoms with Crippen LogP contribution in [0.25, 0.3) is 0 Å². The molecule has 0 bridgehead atoms. The second kappa shape index (κ2) is 7.42. The maximum Gasteiger partial charge on any atom is 0.341 e. The van der Waals surface area contributed by atoms with Crippen molar-refractivity contribution in [3.05, 3.63) is 16.5 Å². The highest BCUT2D eigenvalue weighted by Crippen LogP contribution is 2.28. The number of anilines is 1. The third-order valence-corrected chi connectivity index (χ3v) is 3.92. The van der Waals surface area contributed by atoms with Gasteiger partial charge < -0.3 is 14.8 Å². The number of hydrogen-bond acceptors (Lipinski definition) is 5. The molecule has 0 saturated heterocycles. The summed E-state index contributed by atoms with van der Waals surface area (Å²) in [6.07, 6.45) is 0. The number of nitrogens with one attached hydrogen (secondary N) is 2. The normalized spacial score (nSPS) is 11.1. The van der Waals surface area contributed by atoms with Gasteiger partial charge in [0.15, 0.2) is 0 Å². The number of urea groups is 1. The summed E-state index contributed by atoms with van der Waals surface area (Å²) >= 11 is 1.29. The molecule has 0 aromatic carbocycles. The highest BCUT2D eigenvalue weighted by molar-refractivity contribution is 7.15. The molecule has 7 heteroatoms. The Hall–Kier alpha value is -1.60. The van der Waals surface area contributed by atoms with Gasteiger partial charge >= 0.3 is 12.0 Å². The van der Waals surface area contributed by atoms with E-state index in [1.807, 2.05) is 13.8 Å². The molecule has 21 heavy (non-hydrogen) atoms. The van der Waals surface area contributed by atoms with Crippen LogP contribution in [0.1, 0.15) is 36.7 Å². The largest absolute Gasteiger partial charge is 0.462 e. The first-order valence-electron chi connectivity index (χ1n) is 6.66. The number of methoxy groups -OCH3 is 1. The number of thiophene rings is 1. The van der Waals surface area contributed by atoms with Gasteiger partial charge in [-0.3, -0.25) is 5.32 Å². The molecule has 0 atom stereocenters. The van der Waals surface area contributed by atoms with E-state index >= 15 is 0 Å². The Morgan fingerprint density at radius 1 is 1.38 bits per heavy atom. The Bertz CT molecular complexity index is 511. The van der Waals surface area contributed by atoms with E-state index in [-0.39, 0.29) is 6.03 Å². The standard InChI is InChI=1S/C14H22N2O4S/c1-6-20-12(17)10-9(2)7-21-11(10)16-13(18)15-8-14(3,4)19-5/h7H,6,8H2,1-5H3,(H2,15,16,18). The molecule has 0 fully saturated rings. The van der Waals surface area contributed by atoms with E-state index in [1.165, 1.54) is 11.3 Å². The van der Waals surface area contributed by atoms with E-state index in [0.29, 0.717) is 23.7 Å². The molecule has 0 aliphatic carbocycles. The fraction of sp³-hybridized carbons (Fsp3) is 0.571. The average molecular weight is 314 g/mol. The Kier molecular flexibility index (Phi) is 6.17. The molecule has 0 aliphatic heterocycles. The lowest BCUT2D eigenvalue weighted by Crippen LogP contribution is -2.41. The topological polar surface area (TPSA) is 76.7 Å². The summed E-state index contributed by atoms with van der Waals surface area (Å²) in [5.74, 6) is -0.427. The predicted octanol–water partition coefficient (Wildman–Crippen LogP) is 2.78. The van der Waals surface area contributed by atoms with Gasteiger partial charge in [0.25, 0.3) is 0 Å². The van der Waals surface area contributed by atoms with Crippen LogP contribution in [0.4, 0.5) is 9.80 Å². The van der Waals surface area contributed by atoms with Crippen molar-refractivity contribution in [2.45, 2.75) is 33.3 Å². The predicted molar refractivity (Wildman–Crippen MR) is 83.1 cm³/mol. The van der Waals surface area contributed by atoms with Crippen molar-refractivity contribution in [1.29, 1.82) is 0 Å². The Labute approximate surface area is 128 Å². The molecule has 0 aliphatic rings. The van der Waals surface area contributed by atoms with Crippen molar-refractivity contribution < 1.29 is 19.1 Å². The zero-order valence-corrected chi connectivity index (χ0v) is 13.8. The smallest absolute Gasteiger partial charge is 0.341 e. The van der Waals surface area contributed by atoms with Gasteiger partial charge in [-0.2, -0.15) is 0 Å². The van der Waals surface area contributed by atoms with Gasteiger partial charge in [0.1, 0.15) is 5.00 Å². The first-order valence-corrected chi connectivity index (χ1v) is 7.54. The lowest BCUT2D eigenvalue weighted by Gasteiger charge is -2.23.